The van der Waals surface area contributed by atoms with Gasteiger partial charge in [-0.15, -0.1) is 0 Å². The summed E-state index contributed by atoms with van der Waals surface area (Å²) in [7, 11) is 1.35. The summed E-state index contributed by atoms with van der Waals surface area (Å²) in [5, 5.41) is 3.86. The van der Waals surface area contributed by atoms with Gasteiger partial charge in [0.25, 0.3) is 0 Å². The average Bonchev–Trinajstić information content (AvgIpc) is 3.11. The van der Waals surface area contributed by atoms with Gasteiger partial charge in [-0.05, 0) is 38.3 Å². The molecule has 1 aromatic carbocycles. The lowest BCUT2D eigenvalue weighted by Crippen LogP contribution is -2.55. The van der Waals surface area contributed by atoms with E-state index in [2.05, 4.69) is 16.3 Å². The van der Waals surface area contributed by atoms with Gasteiger partial charge in [0, 0.05) is 13.1 Å². The molecule has 1 fully saturated rings. The Morgan fingerprint density at radius 2 is 2.19 bits per heavy atom. The number of rotatable bonds is 5. The standard InChI is InChI=1S/C19H25N3O3S/c1-4-19(2,17(24)25-3)21-16(23)13-8-7-11-22(12-13)18-20-14-9-5-6-10-15(14)26-18/h5-6,9-10,13H,4,7-8,11-12H2,1-3H3,(H,21,23)/t13-,19-/m1/s1. The van der Waals surface area contributed by atoms with Crippen LogP contribution in [0.15, 0.2) is 24.3 Å². The zero-order valence-electron chi connectivity index (χ0n) is 15.4. The molecule has 26 heavy (non-hydrogen) atoms. The van der Waals surface area contributed by atoms with E-state index in [4.69, 9.17) is 9.72 Å². The number of nitrogens with zero attached hydrogens (tertiary/aromatic N) is 2. The summed E-state index contributed by atoms with van der Waals surface area (Å²) in [5.74, 6) is -0.663. The normalized spacial score (nSPS) is 19.8. The quantitative estimate of drug-likeness (QED) is 0.814. The highest BCUT2D eigenvalue weighted by Gasteiger charge is 2.37. The Kier molecular flexibility index (Phi) is 5.46. The number of hydrogen-bond donors (Lipinski definition) is 1. The number of methoxy groups -OCH3 is 1. The number of fused-ring (bicyclic) bond motifs is 1. The monoisotopic (exact) mass is 375 g/mol. The van der Waals surface area contributed by atoms with Crippen molar-refractivity contribution in [3.63, 3.8) is 0 Å². The zero-order chi connectivity index (χ0) is 18.7. The number of para-hydroxylation sites is 1. The molecule has 0 aliphatic carbocycles. The molecule has 1 amide bonds. The maximum absolute atomic E-state index is 12.8. The van der Waals surface area contributed by atoms with Crippen molar-refractivity contribution in [2.24, 2.45) is 5.92 Å². The van der Waals surface area contributed by atoms with E-state index >= 15 is 0 Å². The number of piperidine rings is 1. The van der Waals surface area contributed by atoms with E-state index in [0.717, 1.165) is 34.7 Å². The molecular weight excluding hydrogens is 350 g/mol. The molecule has 1 saturated heterocycles. The van der Waals surface area contributed by atoms with Gasteiger partial charge in [0.2, 0.25) is 5.91 Å². The van der Waals surface area contributed by atoms with Crippen LogP contribution in [-0.4, -0.2) is 42.6 Å². The molecule has 2 heterocycles. The number of nitrogens with one attached hydrogen (secondary N) is 1. The molecule has 1 aliphatic rings. The van der Waals surface area contributed by atoms with Crippen LogP contribution in [0.2, 0.25) is 0 Å². The van der Waals surface area contributed by atoms with E-state index in [1.807, 2.05) is 25.1 Å². The van der Waals surface area contributed by atoms with Crippen molar-refractivity contribution < 1.29 is 14.3 Å². The van der Waals surface area contributed by atoms with Gasteiger partial charge in [-0.3, -0.25) is 4.79 Å². The van der Waals surface area contributed by atoms with Gasteiger partial charge in [-0.25, -0.2) is 9.78 Å². The van der Waals surface area contributed by atoms with Gasteiger partial charge in [0.1, 0.15) is 5.54 Å². The van der Waals surface area contributed by atoms with Crippen molar-refractivity contribution in [3.8, 4) is 0 Å². The molecule has 0 unspecified atom stereocenters. The van der Waals surface area contributed by atoms with Crippen molar-refractivity contribution in [1.29, 1.82) is 0 Å². The molecule has 1 aliphatic heterocycles. The summed E-state index contributed by atoms with van der Waals surface area (Å²) >= 11 is 1.65. The fourth-order valence-electron chi connectivity index (χ4n) is 3.24. The molecule has 2 aromatic rings. The number of carbonyl (C=O) groups is 2. The summed E-state index contributed by atoms with van der Waals surface area (Å²) in [6, 6.07) is 8.06. The number of aromatic nitrogens is 1. The molecule has 2 atom stereocenters. The highest BCUT2D eigenvalue weighted by atomic mass is 32.1. The molecule has 140 valence electrons. The number of hydrogen-bond acceptors (Lipinski definition) is 6. The minimum Gasteiger partial charge on any atom is -0.467 e. The van der Waals surface area contributed by atoms with Gasteiger partial charge in [0.15, 0.2) is 5.13 Å². The van der Waals surface area contributed by atoms with Crippen molar-refractivity contribution in [2.75, 3.05) is 25.1 Å². The summed E-state index contributed by atoms with van der Waals surface area (Å²) in [4.78, 5) is 31.7. The molecule has 1 aromatic heterocycles. The van der Waals surface area contributed by atoms with Crippen LogP contribution >= 0.6 is 11.3 Å². The van der Waals surface area contributed by atoms with Crippen LogP contribution in [0, 0.1) is 5.92 Å². The fourth-order valence-corrected chi connectivity index (χ4v) is 4.24. The number of thiazole rings is 1. The molecule has 0 radical (unpaired) electrons. The first-order chi connectivity index (χ1) is 12.5. The van der Waals surface area contributed by atoms with Crippen LogP contribution in [0.5, 0.6) is 0 Å². The Balaban J connectivity index is 1.71. The third-order valence-electron chi connectivity index (χ3n) is 5.09. The van der Waals surface area contributed by atoms with Crippen LogP contribution in [-0.2, 0) is 14.3 Å². The summed E-state index contributed by atoms with van der Waals surface area (Å²) in [6.45, 7) is 5.09. The van der Waals surface area contributed by atoms with E-state index in [1.54, 1.807) is 18.3 Å². The first-order valence-corrected chi connectivity index (χ1v) is 9.79. The number of ether oxygens (including phenoxy) is 1. The number of esters is 1. The van der Waals surface area contributed by atoms with Crippen molar-refractivity contribution in [1.82, 2.24) is 10.3 Å². The summed E-state index contributed by atoms with van der Waals surface area (Å²) in [6.07, 6.45) is 2.23. The number of benzene rings is 1. The van der Waals surface area contributed by atoms with Gasteiger partial charge in [0.05, 0.1) is 23.2 Å². The van der Waals surface area contributed by atoms with E-state index in [0.29, 0.717) is 13.0 Å². The molecule has 6 nitrogen and oxygen atoms in total. The lowest BCUT2D eigenvalue weighted by atomic mass is 9.93. The first kappa shape index (κ1) is 18.6. The average molecular weight is 375 g/mol. The van der Waals surface area contributed by atoms with Gasteiger partial charge in [-0.2, -0.15) is 0 Å². The molecular formula is C19H25N3O3S. The van der Waals surface area contributed by atoms with Gasteiger partial charge in [-0.1, -0.05) is 30.4 Å². The Morgan fingerprint density at radius 1 is 1.42 bits per heavy atom. The van der Waals surface area contributed by atoms with Crippen LogP contribution in [0.3, 0.4) is 0 Å². The Morgan fingerprint density at radius 3 is 2.88 bits per heavy atom. The second-order valence-electron chi connectivity index (χ2n) is 6.92. The summed E-state index contributed by atoms with van der Waals surface area (Å²) in [5.41, 5.74) is 0.00702. The molecule has 1 N–H and O–H groups in total. The smallest absolute Gasteiger partial charge is 0.331 e. The largest absolute Gasteiger partial charge is 0.467 e. The Labute approximate surface area is 157 Å². The second kappa shape index (κ2) is 7.61. The van der Waals surface area contributed by atoms with Gasteiger partial charge < -0.3 is 15.0 Å². The fraction of sp³-hybridized carbons (Fsp3) is 0.526. The summed E-state index contributed by atoms with van der Waals surface area (Å²) < 4.78 is 6.00. The molecule has 0 bridgehead atoms. The highest BCUT2D eigenvalue weighted by Crippen LogP contribution is 2.31. The van der Waals surface area contributed by atoms with E-state index in [1.165, 1.54) is 7.11 Å². The zero-order valence-corrected chi connectivity index (χ0v) is 16.3. The minimum atomic E-state index is -0.982. The van der Waals surface area contributed by atoms with E-state index < -0.39 is 11.5 Å². The van der Waals surface area contributed by atoms with Crippen LogP contribution in [0.1, 0.15) is 33.1 Å². The van der Waals surface area contributed by atoms with Crippen molar-refractivity contribution >= 4 is 38.6 Å². The lowest BCUT2D eigenvalue weighted by molar-refractivity contribution is -0.151. The second-order valence-corrected chi connectivity index (χ2v) is 7.92. The molecule has 7 heteroatoms. The molecule has 0 spiro atoms. The molecule has 3 rings (SSSR count). The predicted octanol–water partition coefficient (Wildman–Crippen LogP) is 2.97. The minimum absolute atomic E-state index is 0.0921. The lowest BCUT2D eigenvalue weighted by Gasteiger charge is -2.34. The van der Waals surface area contributed by atoms with Crippen molar-refractivity contribution in [2.45, 2.75) is 38.6 Å². The van der Waals surface area contributed by atoms with E-state index in [-0.39, 0.29) is 11.8 Å². The molecule has 0 saturated carbocycles. The maximum Gasteiger partial charge on any atom is 0.331 e. The maximum atomic E-state index is 12.8. The predicted molar refractivity (Wildman–Crippen MR) is 103 cm³/mol. The highest BCUT2D eigenvalue weighted by molar-refractivity contribution is 7.22. The third-order valence-corrected chi connectivity index (χ3v) is 6.18. The van der Waals surface area contributed by atoms with E-state index in [9.17, 15) is 9.59 Å². The Hall–Kier alpha value is -2.15. The third kappa shape index (κ3) is 3.67. The van der Waals surface area contributed by atoms with Crippen LogP contribution < -0.4 is 10.2 Å². The SMILES string of the molecule is CC[C@@](C)(NC(=O)[C@@H]1CCCN(c2nc3ccccc3s2)C1)C(=O)OC. The number of anilines is 1. The van der Waals surface area contributed by atoms with Gasteiger partial charge >= 0.3 is 5.97 Å². The first-order valence-electron chi connectivity index (χ1n) is 8.98. The van der Waals surface area contributed by atoms with Crippen LogP contribution in [0.4, 0.5) is 5.13 Å². The number of amides is 1. The topological polar surface area (TPSA) is 71.5 Å². The van der Waals surface area contributed by atoms with Crippen molar-refractivity contribution in [3.05, 3.63) is 24.3 Å². The van der Waals surface area contributed by atoms with Crippen LogP contribution in [0.25, 0.3) is 10.2 Å². The number of carbonyl (C=O) groups excluding carboxylic acids is 2. The Bertz CT molecular complexity index is 773.